The Morgan fingerprint density at radius 1 is 1.19 bits per heavy atom. The molecule has 1 atom stereocenters. The van der Waals surface area contributed by atoms with Crippen molar-refractivity contribution in [1.29, 1.82) is 0 Å². The van der Waals surface area contributed by atoms with E-state index < -0.39 is 6.04 Å². The number of hydrogen-bond acceptors (Lipinski definition) is 4. The maximum Gasteiger partial charge on any atom is 0.245 e. The molecular weight excluding hydrogens is 346 g/mol. The highest BCUT2D eigenvalue weighted by molar-refractivity contribution is 5.91. The third-order valence-electron chi connectivity index (χ3n) is 5.38. The van der Waals surface area contributed by atoms with Crippen LogP contribution < -0.4 is 5.32 Å². The number of nitrogens with zero attached hydrogens (tertiary/aromatic N) is 4. The monoisotopic (exact) mass is 369 g/mol. The molecule has 2 aliphatic heterocycles. The number of benzene rings is 1. The number of piperazine rings is 1. The van der Waals surface area contributed by atoms with E-state index in [1.165, 1.54) is 0 Å². The van der Waals surface area contributed by atoms with Gasteiger partial charge in [0.2, 0.25) is 17.7 Å². The summed E-state index contributed by atoms with van der Waals surface area (Å²) >= 11 is 0. The number of carbonyl (C=O) groups excluding carboxylic acids is 3. The predicted octanol–water partition coefficient (Wildman–Crippen LogP) is 0.0652. The fourth-order valence-electron chi connectivity index (χ4n) is 3.77. The highest BCUT2D eigenvalue weighted by atomic mass is 16.2. The third-order valence-corrected chi connectivity index (χ3v) is 5.38. The summed E-state index contributed by atoms with van der Waals surface area (Å²) in [6.07, 6.45) is 3.07. The fourth-order valence-corrected chi connectivity index (χ4v) is 3.77. The van der Waals surface area contributed by atoms with E-state index in [-0.39, 0.29) is 17.7 Å². The minimum atomic E-state index is -0.398. The van der Waals surface area contributed by atoms with Crippen molar-refractivity contribution < 1.29 is 14.4 Å². The molecule has 2 aromatic rings. The van der Waals surface area contributed by atoms with Crippen LogP contribution in [0.3, 0.4) is 0 Å². The molecule has 1 unspecified atom stereocenters. The second kappa shape index (κ2) is 7.02. The predicted molar refractivity (Wildman–Crippen MR) is 98.7 cm³/mol. The number of hydrogen-bond donors (Lipinski definition) is 1. The molecule has 1 aromatic carbocycles. The van der Waals surface area contributed by atoms with Crippen molar-refractivity contribution in [3.05, 3.63) is 30.1 Å². The lowest BCUT2D eigenvalue weighted by Gasteiger charge is -2.36. The first-order chi connectivity index (χ1) is 13.0. The molecule has 1 N–H and O–H groups in total. The van der Waals surface area contributed by atoms with Crippen LogP contribution in [0.5, 0.6) is 0 Å². The Balaban J connectivity index is 1.32. The number of aryl methyl sites for hydroxylation is 1. The van der Waals surface area contributed by atoms with Crippen LogP contribution in [0.15, 0.2) is 24.5 Å². The molecule has 8 nitrogen and oxygen atoms in total. The van der Waals surface area contributed by atoms with Gasteiger partial charge >= 0.3 is 0 Å². The van der Waals surface area contributed by atoms with Crippen LogP contribution >= 0.6 is 0 Å². The maximum atomic E-state index is 12.6. The molecule has 0 spiro atoms. The number of fused-ring (bicyclic) bond motifs is 1. The number of aromatic nitrogens is 2. The molecule has 0 radical (unpaired) electrons. The van der Waals surface area contributed by atoms with E-state index in [1.807, 2.05) is 29.8 Å². The molecule has 0 aliphatic carbocycles. The number of imidazole rings is 1. The Labute approximate surface area is 157 Å². The summed E-state index contributed by atoms with van der Waals surface area (Å²) in [4.78, 5) is 44.3. The normalized spacial score (nSPS) is 20.2. The SMILES string of the molecule is Cn1cnc2cc(CC(=O)N3CCN(C(=O)C4CCC(=O)N4)CC3)ccc21. The molecule has 0 bridgehead atoms. The van der Waals surface area contributed by atoms with E-state index in [0.717, 1.165) is 16.6 Å². The van der Waals surface area contributed by atoms with Crippen LogP contribution in [0.4, 0.5) is 0 Å². The molecular formula is C19H23N5O3. The van der Waals surface area contributed by atoms with Crippen molar-refractivity contribution in [2.45, 2.75) is 25.3 Å². The summed E-state index contributed by atoms with van der Waals surface area (Å²) in [5.41, 5.74) is 2.87. The molecule has 27 heavy (non-hydrogen) atoms. The van der Waals surface area contributed by atoms with Gasteiger partial charge in [-0.05, 0) is 24.1 Å². The summed E-state index contributed by atoms with van der Waals surface area (Å²) in [5.74, 6) is -0.0351. The van der Waals surface area contributed by atoms with Crippen molar-refractivity contribution in [2.75, 3.05) is 26.2 Å². The molecule has 3 amide bonds. The second-order valence-electron chi connectivity index (χ2n) is 7.22. The summed E-state index contributed by atoms with van der Waals surface area (Å²) in [6, 6.07) is 5.50. The zero-order valence-corrected chi connectivity index (χ0v) is 15.4. The van der Waals surface area contributed by atoms with Crippen LogP contribution in [0, 0.1) is 0 Å². The minimum Gasteiger partial charge on any atom is -0.344 e. The second-order valence-corrected chi connectivity index (χ2v) is 7.22. The molecule has 3 heterocycles. The van der Waals surface area contributed by atoms with Crippen molar-refractivity contribution in [3.63, 3.8) is 0 Å². The van der Waals surface area contributed by atoms with Crippen LogP contribution in [0.2, 0.25) is 0 Å². The van der Waals surface area contributed by atoms with Gasteiger partial charge < -0.3 is 19.7 Å². The van der Waals surface area contributed by atoms with Crippen molar-refractivity contribution >= 4 is 28.8 Å². The fraction of sp³-hybridized carbons (Fsp3) is 0.474. The topological polar surface area (TPSA) is 87.5 Å². The van der Waals surface area contributed by atoms with Crippen molar-refractivity contribution in [3.8, 4) is 0 Å². The molecule has 1 aromatic heterocycles. The standard InChI is InChI=1S/C19H23N5O3/c1-22-12-20-15-10-13(2-4-16(15)22)11-18(26)23-6-8-24(9-7-23)19(27)14-3-5-17(25)21-14/h2,4,10,12,14H,3,5-9,11H2,1H3,(H,21,25). The van der Waals surface area contributed by atoms with E-state index in [2.05, 4.69) is 10.3 Å². The van der Waals surface area contributed by atoms with Gasteiger partial charge in [0, 0.05) is 39.6 Å². The number of amides is 3. The Morgan fingerprint density at radius 3 is 2.63 bits per heavy atom. The van der Waals surface area contributed by atoms with Gasteiger partial charge in [-0.1, -0.05) is 6.07 Å². The zero-order chi connectivity index (χ0) is 19.0. The van der Waals surface area contributed by atoms with Gasteiger partial charge in [0.25, 0.3) is 0 Å². The largest absolute Gasteiger partial charge is 0.344 e. The summed E-state index contributed by atoms with van der Waals surface area (Å²) in [5, 5.41) is 2.72. The van der Waals surface area contributed by atoms with Gasteiger partial charge in [0.15, 0.2) is 0 Å². The molecule has 8 heteroatoms. The minimum absolute atomic E-state index is 0.0337. The van der Waals surface area contributed by atoms with E-state index >= 15 is 0 Å². The maximum absolute atomic E-state index is 12.6. The van der Waals surface area contributed by atoms with Gasteiger partial charge in [-0.2, -0.15) is 0 Å². The quantitative estimate of drug-likeness (QED) is 0.829. The Kier molecular flexibility index (Phi) is 4.55. The van der Waals surface area contributed by atoms with Gasteiger partial charge in [-0.15, -0.1) is 0 Å². The average molecular weight is 369 g/mol. The molecule has 2 fully saturated rings. The molecule has 0 saturated carbocycles. The number of carbonyl (C=O) groups is 3. The Bertz CT molecular complexity index is 898. The van der Waals surface area contributed by atoms with Crippen LogP contribution in [-0.2, 0) is 27.9 Å². The molecule has 2 aliphatic rings. The lowest BCUT2D eigenvalue weighted by molar-refractivity contribution is -0.140. The summed E-state index contributed by atoms with van der Waals surface area (Å²) < 4.78 is 1.95. The van der Waals surface area contributed by atoms with Crippen molar-refractivity contribution in [2.24, 2.45) is 7.05 Å². The number of nitrogens with one attached hydrogen (secondary N) is 1. The Hall–Kier alpha value is -2.90. The molecule has 142 valence electrons. The highest BCUT2D eigenvalue weighted by Crippen LogP contribution is 2.16. The first-order valence-electron chi connectivity index (χ1n) is 9.27. The smallest absolute Gasteiger partial charge is 0.245 e. The van der Waals surface area contributed by atoms with Gasteiger partial charge in [0.1, 0.15) is 6.04 Å². The van der Waals surface area contributed by atoms with Crippen LogP contribution in [0.25, 0.3) is 11.0 Å². The molecule has 4 rings (SSSR count). The van der Waals surface area contributed by atoms with Gasteiger partial charge in [0.05, 0.1) is 23.8 Å². The van der Waals surface area contributed by atoms with E-state index in [4.69, 9.17) is 0 Å². The Morgan fingerprint density at radius 2 is 1.93 bits per heavy atom. The summed E-state index contributed by atoms with van der Waals surface area (Å²) in [6.45, 7) is 2.07. The van der Waals surface area contributed by atoms with Gasteiger partial charge in [-0.3, -0.25) is 14.4 Å². The third kappa shape index (κ3) is 3.51. The lowest BCUT2D eigenvalue weighted by Crippen LogP contribution is -2.54. The lowest BCUT2D eigenvalue weighted by atomic mass is 10.1. The first kappa shape index (κ1) is 17.5. The average Bonchev–Trinajstić information content (AvgIpc) is 3.27. The first-order valence-corrected chi connectivity index (χ1v) is 9.27. The highest BCUT2D eigenvalue weighted by Gasteiger charge is 2.32. The summed E-state index contributed by atoms with van der Waals surface area (Å²) in [7, 11) is 1.94. The van der Waals surface area contributed by atoms with E-state index in [0.29, 0.717) is 45.4 Å². The van der Waals surface area contributed by atoms with E-state index in [9.17, 15) is 14.4 Å². The van der Waals surface area contributed by atoms with Crippen LogP contribution in [-0.4, -0.2) is 69.3 Å². The van der Waals surface area contributed by atoms with Gasteiger partial charge in [-0.25, -0.2) is 4.98 Å². The van der Waals surface area contributed by atoms with Crippen LogP contribution in [0.1, 0.15) is 18.4 Å². The molecule has 2 saturated heterocycles. The van der Waals surface area contributed by atoms with Crippen molar-refractivity contribution in [1.82, 2.24) is 24.7 Å². The number of rotatable bonds is 3. The van der Waals surface area contributed by atoms with E-state index in [1.54, 1.807) is 16.1 Å². The zero-order valence-electron chi connectivity index (χ0n) is 15.4.